The van der Waals surface area contributed by atoms with Crippen LogP contribution >= 0.6 is 11.3 Å². The lowest BCUT2D eigenvalue weighted by atomic mass is 10.0. The molecule has 1 N–H and O–H groups in total. The summed E-state index contributed by atoms with van der Waals surface area (Å²) in [7, 11) is 5.10. The van der Waals surface area contributed by atoms with E-state index in [0.29, 0.717) is 31.2 Å². The van der Waals surface area contributed by atoms with Crippen LogP contribution in [0.2, 0.25) is 0 Å². The van der Waals surface area contributed by atoms with E-state index >= 15 is 0 Å². The van der Waals surface area contributed by atoms with Gasteiger partial charge >= 0.3 is 0 Å². The van der Waals surface area contributed by atoms with Crippen molar-refractivity contribution in [2.75, 3.05) is 62.6 Å². The maximum absolute atomic E-state index is 13.1. The fraction of sp³-hybridized carbons (Fsp3) is 0.500. The average molecular weight is 431 g/mol. The molecule has 0 bridgehead atoms. The summed E-state index contributed by atoms with van der Waals surface area (Å²) in [5.74, 6) is 1.28. The van der Waals surface area contributed by atoms with Crippen LogP contribution in [-0.4, -0.2) is 74.1 Å². The zero-order chi connectivity index (χ0) is 21.4. The van der Waals surface area contributed by atoms with Crippen molar-refractivity contribution in [3.8, 4) is 0 Å². The number of likely N-dealkylation sites (N-methyl/N-ethyl adjacent to an activating group) is 1. The highest BCUT2D eigenvalue weighted by Crippen LogP contribution is 2.41. The van der Waals surface area contributed by atoms with Crippen LogP contribution in [0.3, 0.4) is 0 Å². The Labute approximate surface area is 179 Å². The third-order valence-corrected chi connectivity index (χ3v) is 6.66. The van der Waals surface area contributed by atoms with Gasteiger partial charge in [-0.05, 0) is 18.9 Å². The van der Waals surface area contributed by atoms with E-state index in [2.05, 4.69) is 20.2 Å². The van der Waals surface area contributed by atoms with Gasteiger partial charge in [-0.25, -0.2) is 4.98 Å². The molecule has 4 rings (SSSR count). The Morgan fingerprint density at radius 1 is 1.27 bits per heavy atom. The third-order valence-electron chi connectivity index (χ3n) is 5.42. The first-order valence-electron chi connectivity index (χ1n) is 9.90. The molecule has 4 heterocycles. The van der Waals surface area contributed by atoms with Gasteiger partial charge in [0.05, 0.1) is 25.3 Å². The number of hydrogen-bond acceptors (Lipinski definition) is 8. The molecule has 0 fully saturated rings. The van der Waals surface area contributed by atoms with E-state index in [9.17, 15) is 9.59 Å². The summed E-state index contributed by atoms with van der Waals surface area (Å²) in [6.45, 7) is 4.28. The fourth-order valence-electron chi connectivity index (χ4n) is 3.89. The summed E-state index contributed by atoms with van der Waals surface area (Å²) in [6.07, 6.45) is 0.727. The highest BCUT2D eigenvalue weighted by Gasteiger charge is 2.36. The number of amides is 2. The number of carbonyl (C=O) groups excluding carboxylic acids is 2. The minimum absolute atomic E-state index is 0.0812. The van der Waals surface area contributed by atoms with E-state index in [0.717, 1.165) is 39.9 Å². The molecule has 2 aromatic heterocycles. The second kappa shape index (κ2) is 8.19. The lowest BCUT2D eigenvalue weighted by molar-refractivity contribution is -0.119. The predicted molar refractivity (Wildman–Crippen MR) is 117 cm³/mol. The molecule has 0 aliphatic carbocycles. The van der Waals surface area contributed by atoms with Crippen molar-refractivity contribution < 1.29 is 14.3 Å². The molecule has 2 aliphatic heterocycles. The molecule has 0 saturated carbocycles. The number of nitrogens with zero attached hydrogens (tertiary/aromatic N) is 5. The maximum atomic E-state index is 13.1. The lowest BCUT2D eigenvalue weighted by Gasteiger charge is -2.28. The molecule has 0 spiro atoms. The summed E-state index contributed by atoms with van der Waals surface area (Å²) < 4.78 is 5.20. The molecule has 30 heavy (non-hydrogen) atoms. The van der Waals surface area contributed by atoms with E-state index < -0.39 is 0 Å². The number of fused-ring (bicyclic) bond motifs is 3. The van der Waals surface area contributed by atoms with Crippen LogP contribution in [0.5, 0.6) is 0 Å². The van der Waals surface area contributed by atoms with Crippen molar-refractivity contribution in [2.24, 2.45) is 0 Å². The Morgan fingerprint density at radius 3 is 2.80 bits per heavy atom. The zero-order valence-electron chi connectivity index (χ0n) is 17.7. The van der Waals surface area contributed by atoms with Gasteiger partial charge in [-0.2, -0.15) is 4.98 Å². The molecule has 0 radical (unpaired) electrons. The van der Waals surface area contributed by atoms with E-state index in [-0.39, 0.29) is 18.4 Å². The Hall–Kier alpha value is -2.72. The number of ether oxygens (including phenoxy) is 1. The molecule has 160 valence electrons. The van der Waals surface area contributed by atoms with Crippen LogP contribution in [0.15, 0.2) is 6.07 Å². The average Bonchev–Trinajstić information content (AvgIpc) is 3.07. The molecule has 2 aromatic rings. The maximum Gasteiger partial charge on any atom is 0.257 e. The molecule has 2 aliphatic rings. The zero-order valence-corrected chi connectivity index (χ0v) is 18.5. The smallest absolute Gasteiger partial charge is 0.257 e. The number of thiophene rings is 1. The monoisotopic (exact) mass is 430 g/mol. The lowest BCUT2D eigenvalue weighted by Crippen LogP contribution is -2.39. The number of anilines is 3. The Bertz CT molecular complexity index is 991. The second-order valence-electron chi connectivity index (χ2n) is 7.50. The molecule has 10 heteroatoms. The summed E-state index contributed by atoms with van der Waals surface area (Å²) in [6, 6.07) is 1.97. The number of methoxy groups -OCH3 is 1. The van der Waals surface area contributed by atoms with E-state index in [4.69, 9.17) is 4.74 Å². The highest BCUT2D eigenvalue weighted by atomic mass is 32.1. The van der Waals surface area contributed by atoms with Crippen LogP contribution in [-0.2, 0) is 22.5 Å². The first kappa shape index (κ1) is 20.5. The predicted octanol–water partition coefficient (Wildman–Crippen LogP) is 1.52. The normalized spacial score (nSPS) is 16.5. The topological polar surface area (TPSA) is 90.9 Å². The summed E-state index contributed by atoms with van der Waals surface area (Å²) >= 11 is 1.53. The molecule has 9 nitrogen and oxygen atoms in total. The number of nitrogens with one attached hydrogen (secondary N) is 1. The summed E-state index contributed by atoms with van der Waals surface area (Å²) in [5, 5.41) is 3.75. The fourth-order valence-corrected chi connectivity index (χ4v) is 5.29. The van der Waals surface area contributed by atoms with Crippen LogP contribution < -0.4 is 15.1 Å². The van der Waals surface area contributed by atoms with Crippen LogP contribution in [0.25, 0.3) is 0 Å². The number of rotatable bonds is 5. The summed E-state index contributed by atoms with van der Waals surface area (Å²) in [5.41, 5.74) is 2.62. The standard InChI is InChI=1S/C20H26N6O3S/c1-12-9-15(23-20(21-2)22-12)25-6-5-13-14(10-25)30-19-17(13)18(28)24(3)11-16(27)26(19)7-8-29-4/h9H,5-8,10-11H2,1-4H3,(H,21,22,23). The Balaban J connectivity index is 1.72. The molecule has 0 saturated heterocycles. The van der Waals surface area contributed by atoms with Gasteiger partial charge in [0.25, 0.3) is 5.91 Å². The van der Waals surface area contributed by atoms with Crippen molar-refractivity contribution in [2.45, 2.75) is 19.9 Å². The van der Waals surface area contributed by atoms with Gasteiger partial charge in [0.15, 0.2) is 0 Å². The van der Waals surface area contributed by atoms with Crippen LogP contribution in [0, 0.1) is 6.92 Å². The molecule has 0 unspecified atom stereocenters. The van der Waals surface area contributed by atoms with Crippen molar-refractivity contribution in [3.63, 3.8) is 0 Å². The van der Waals surface area contributed by atoms with Crippen LogP contribution in [0.1, 0.15) is 26.5 Å². The van der Waals surface area contributed by atoms with Crippen molar-refractivity contribution in [1.29, 1.82) is 0 Å². The van der Waals surface area contributed by atoms with Gasteiger partial charge in [0.2, 0.25) is 11.9 Å². The van der Waals surface area contributed by atoms with Gasteiger partial charge in [0.1, 0.15) is 17.4 Å². The second-order valence-corrected chi connectivity index (χ2v) is 8.58. The van der Waals surface area contributed by atoms with E-state index in [1.807, 2.05) is 13.0 Å². The largest absolute Gasteiger partial charge is 0.383 e. The van der Waals surface area contributed by atoms with Gasteiger partial charge in [-0.3, -0.25) is 14.5 Å². The first-order chi connectivity index (χ1) is 14.4. The number of carbonyl (C=O) groups is 2. The van der Waals surface area contributed by atoms with Gasteiger partial charge in [-0.15, -0.1) is 11.3 Å². The first-order valence-corrected chi connectivity index (χ1v) is 10.7. The number of aryl methyl sites for hydroxylation is 1. The molecule has 0 atom stereocenters. The highest BCUT2D eigenvalue weighted by molar-refractivity contribution is 7.17. The van der Waals surface area contributed by atoms with Gasteiger partial charge < -0.3 is 19.9 Å². The molecular formula is C20H26N6O3S. The van der Waals surface area contributed by atoms with Crippen molar-refractivity contribution in [1.82, 2.24) is 14.9 Å². The third kappa shape index (κ3) is 3.61. The van der Waals surface area contributed by atoms with Crippen molar-refractivity contribution in [3.05, 3.63) is 27.8 Å². The van der Waals surface area contributed by atoms with Gasteiger partial charge in [0, 0.05) is 44.4 Å². The Kier molecular flexibility index (Phi) is 5.61. The minimum atomic E-state index is -0.0837. The number of hydrogen-bond donors (Lipinski definition) is 1. The SMILES string of the molecule is CNc1nc(C)cc(N2CCc3c(sc4c3C(=O)N(C)CC(=O)N4CCOC)C2)n1. The molecule has 0 aromatic carbocycles. The Morgan fingerprint density at radius 2 is 2.07 bits per heavy atom. The van der Waals surface area contributed by atoms with Crippen molar-refractivity contribution >= 4 is 39.9 Å². The quantitative estimate of drug-likeness (QED) is 0.769. The molecular weight excluding hydrogens is 404 g/mol. The molecule has 2 amide bonds. The van der Waals surface area contributed by atoms with Gasteiger partial charge in [-0.1, -0.05) is 0 Å². The van der Waals surface area contributed by atoms with E-state index in [1.165, 1.54) is 16.2 Å². The summed E-state index contributed by atoms with van der Waals surface area (Å²) in [4.78, 5) is 41.4. The van der Waals surface area contributed by atoms with E-state index in [1.54, 1.807) is 26.1 Å². The van der Waals surface area contributed by atoms with Crippen LogP contribution in [0.4, 0.5) is 16.8 Å². The minimum Gasteiger partial charge on any atom is -0.383 e. The number of aromatic nitrogens is 2.